The number of rotatable bonds is 4. The van der Waals surface area contributed by atoms with Crippen molar-refractivity contribution < 1.29 is 13.6 Å². The SMILES string of the molecule is O=C(Nc1ccc(Cl)c(Cl)c1)c1cnc(Nc2ccc(F)c(F)c2)cn1. The summed E-state index contributed by atoms with van der Waals surface area (Å²) in [6.07, 6.45) is 2.54. The molecule has 0 saturated carbocycles. The molecule has 9 heteroatoms. The van der Waals surface area contributed by atoms with E-state index in [1.807, 2.05) is 0 Å². The smallest absolute Gasteiger partial charge is 0.275 e. The molecule has 0 aliphatic carbocycles. The fourth-order valence-corrected chi connectivity index (χ4v) is 2.30. The molecule has 1 aromatic heterocycles. The maximum absolute atomic E-state index is 13.2. The van der Waals surface area contributed by atoms with Gasteiger partial charge in [0.25, 0.3) is 5.91 Å². The van der Waals surface area contributed by atoms with E-state index in [1.54, 1.807) is 12.1 Å². The van der Waals surface area contributed by atoms with Gasteiger partial charge < -0.3 is 10.6 Å². The lowest BCUT2D eigenvalue weighted by Gasteiger charge is -2.08. The first-order chi connectivity index (χ1) is 12.4. The van der Waals surface area contributed by atoms with Crippen molar-refractivity contribution in [3.8, 4) is 0 Å². The number of halogens is 4. The average Bonchev–Trinajstić information content (AvgIpc) is 2.62. The van der Waals surface area contributed by atoms with Crippen molar-refractivity contribution in [1.82, 2.24) is 9.97 Å². The minimum Gasteiger partial charge on any atom is -0.339 e. The number of carbonyl (C=O) groups excluding carboxylic acids is 1. The normalized spacial score (nSPS) is 10.5. The fraction of sp³-hybridized carbons (Fsp3) is 0. The maximum Gasteiger partial charge on any atom is 0.275 e. The molecule has 1 amide bonds. The summed E-state index contributed by atoms with van der Waals surface area (Å²) in [6.45, 7) is 0. The van der Waals surface area contributed by atoms with Gasteiger partial charge in [0, 0.05) is 17.4 Å². The van der Waals surface area contributed by atoms with E-state index in [0.29, 0.717) is 21.4 Å². The minimum atomic E-state index is -0.986. The Bertz CT molecular complexity index is 967. The van der Waals surface area contributed by atoms with Crippen LogP contribution in [-0.2, 0) is 0 Å². The van der Waals surface area contributed by atoms with Gasteiger partial charge in [0.2, 0.25) is 0 Å². The second kappa shape index (κ2) is 7.63. The molecule has 0 aliphatic heterocycles. The summed E-state index contributed by atoms with van der Waals surface area (Å²) in [7, 11) is 0. The molecule has 0 atom stereocenters. The molecule has 2 aromatic carbocycles. The van der Waals surface area contributed by atoms with Gasteiger partial charge in [0.15, 0.2) is 11.6 Å². The monoisotopic (exact) mass is 394 g/mol. The van der Waals surface area contributed by atoms with Gasteiger partial charge in [0.05, 0.1) is 22.4 Å². The highest BCUT2D eigenvalue weighted by Gasteiger charge is 2.10. The van der Waals surface area contributed by atoms with Crippen LogP contribution < -0.4 is 10.6 Å². The summed E-state index contributed by atoms with van der Waals surface area (Å²) in [4.78, 5) is 20.2. The van der Waals surface area contributed by atoms with Crippen LogP contribution in [0.2, 0.25) is 10.0 Å². The van der Waals surface area contributed by atoms with Gasteiger partial charge >= 0.3 is 0 Å². The standard InChI is InChI=1S/C17H10Cl2F2N4O/c18-11-3-1-9(5-12(11)19)25-17(26)15-7-23-16(8-22-15)24-10-2-4-13(20)14(21)6-10/h1-8H,(H,23,24)(H,25,26). The zero-order chi connectivity index (χ0) is 18.7. The summed E-state index contributed by atoms with van der Waals surface area (Å²) < 4.78 is 26.1. The third kappa shape index (κ3) is 4.25. The number of amides is 1. The molecule has 132 valence electrons. The highest BCUT2D eigenvalue weighted by molar-refractivity contribution is 6.42. The van der Waals surface area contributed by atoms with E-state index < -0.39 is 17.5 Å². The molecular formula is C17H10Cl2F2N4O. The number of aromatic nitrogens is 2. The van der Waals surface area contributed by atoms with Gasteiger partial charge in [-0.05, 0) is 30.3 Å². The molecule has 1 heterocycles. The summed E-state index contributed by atoms with van der Waals surface area (Å²) in [5.74, 6) is -2.16. The molecule has 0 unspecified atom stereocenters. The number of nitrogens with one attached hydrogen (secondary N) is 2. The van der Waals surface area contributed by atoms with Gasteiger partial charge in [-0.1, -0.05) is 23.2 Å². The van der Waals surface area contributed by atoms with Crippen molar-refractivity contribution in [2.75, 3.05) is 10.6 Å². The lowest BCUT2D eigenvalue weighted by atomic mass is 10.3. The summed E-state index contributed by atoms with van der Waals surface area (Å²) in [6, 6.07) is 7.99. The number of carbonyl (C=O) groups is 1. The van der Waals surface area contributed by atoms with Crippen LogP contribution in [0.25, 0.3) is 0 Å². The molecule has 5 nitrogen and oxygen atoms in total. The van der Waals surface area contributed by atoms with E-state index in [9.17, 15) is 13.6 Å². The first kappa shape index (κ1) is 18.0. The molecule has 26 heavy (non-hydrogen) atoms. The highest BCUT2D eigenvalue weighted by atomic mass is 35.5. The van der Waals surface area contributed by atoms with E-state index in [0.717, 1.165) is 12.1 Å². The molecule has 3 rings (SSSR count). The van der Waals surface area contributed by atoms with Crippen LogP contribution in [0.4, 0.5) is 26.0 Å². The minimum absolute atomic E-state index is 0.0620. The Kier molecular flexibility index (Phi) is 5.29. The van der Waals surface area contributed by atoms with Crippen molar-refractivity contribution in [3.05, 3.63) is 76.2 Å². The quantitative estimate of drug-likeness (QED) is 0.648. The van der Waals surface area contributed by atoms with Gasteiger partial charge in [-0.25, -0.2) is 18.7 Å². The van der Waals surface area contributed by atoms with Crippen LogP contribution in [0.1, 0.15) is 10.5 Å². The molecule has 3 aromatic rings. The Balaban J connectivity index is 1.69. The fourth-order valence-electron chi connectivity index (χ4n) is 2.00. The van der Waals surface area contributed by atoms with Crippen LogP contribution >= 0.6 is 23.2 Å². The summed E-state index contributed by atoms with van der Waals surface area (Å²) >= 11 is 11.7. The van der Waals surface area contributed by atoms with E-state index in [2.05, 4.69) is 20.6 Å². The average molecular weight is 395 g/mol. The predicted octanol–water partition coefficient (Wildman–Crippen LogP) is 5.06. The van der Waals surface area contributed by atoms with Gasteiger partial charge in [0.1, 0.15) is 11.5 Å². The lowest BCUT2D eigenvalue weighted by molar-refractivity contribution is 0.102. The van der Waals surface area contributed by atoms with Crippen LogP contribution in [-0.4, -0.2) is 15.9 Å². The molecule has 2 N–H and O–H groups in total. The summed E-state index contributed by atoms with van der Waals surface area (Å²) in [5, 5.41) is 6.05. The first-order valence-corrected chi connectivity index (χ1v) is 7.98. The topological polar surface area (TPSA) is 66.9 Å². The third-order valence-corrected chi connectivity index (χ3v) is 3.99. The Hall–Kier alpha value is -2.77. The number of benzene rings is 2. The van der Waals surface area contributed by atoms with Crippen molar-refractivity contribution in [2.45, 2.75) is 0 Å². The van der Waals surface area contributed by atoms with E-state index >= 15 is 0 Å². The van der Waals surface area contributed by atoms with Gasteiger partial charge in [-0.15, -0.1) is 0 Å². The second-order valence-electron chi connectivity index (χ2n) is 5.12. The second-order valence-corrected chi connectivity index (χ2v) is 5.94. The zero-order valence-corrected chi connectivity index (χ0v) is 14.4. The van der Waals surface area contributed by atoms with Crippen LogP contribution in [0.3, 0.4) is 0 Å². The maximum atomic E-state index is 13.2. The molecule has 0 spiro atoms. The Morgan fingerprint density at radius 1 is 0.885 bits per heavy atom. The van der Waals surface area contributed by atoms with Crippen LogP contribution in [0, 0.1) is 11.6 Å². The number of anilines is 3. The van der Waals surface area contributed by atoms with Gasteiger partial charge in [-0.2, -0.15) is 0 Å². The Morgan fingerprint density at radius 2 is 1.65 bits per heavy atom. The number of hydrogen-bond acceptors (Lipinski definition) is 4. The Morgan fingerprint density at radius 3 is 2.31 bits per heavy atom. The highest BCUT2D eigenvalue weighted by Crippen LogP contribution is 2.25. The largest absolute Gasteiger partial charge is 0.339 e. The number of nitrogens with zero attached hydrogens (tertiary/aromatic N) is 2. The van der Waals surface area contributed by atoms with E-state index in [-0.39, 0.29) is 11.5 Å². The van der Waals surface area contributed by atoms with E-state index in [4.69, 9.17) is 23.2 Å². The van der Waals surface area contributed by atoms with Crippen molar-refractivity contribution in [2.24, 2.45) is 0 Å². The summed E-state index contributed by atoms with van der Waals surface area (Å²) in [5.41, 5.74) is 0.813. The number of hydrogen-bond donors (Lipinski definition) is 2. The molecular weight excluding hydrogens is 385 g/mol. The molecule has 0 aliphatic rings. The van der Waals surface area contributed by atoms with Crippen molar-refractivity contribution in [3.63, 3.8) is 0 Å². The molecule has 0 saturated heterocycles. The van der Waals surface area contributed by atoms with Crippen molar-refractivity contribution >= 4 is 46.3 Å². The zero-order valence-electron chi connectivity index (χ0n) is 12.9. The first-order valence-electron chi connectivity index (χ1n) is 7.23. The lowest BCUT2D eigenvalue weighted by Crippen LogP contribution is -2.14. The van der Waals surface area contributed by atoms with E-state index in [1.165, 1.54) is 24.5 Å². The van der Waals surface area contributed by atoms with Crippen molar-refractivity contribution in [1.29, 1.82) is 0 Å². The molecule has 0 fully saturated rings. The molecule has 0 radical (unpaired) electrons. The van der Waals surface area contributed by atoms with Crippen LogP contribution in [0.5, 0.6) is 0 Å². The van der Waals surface area contributed by atoms with Gasteiger partial charge in [-0.3, -0.25) is 4.79 Å². The predicted molar refractivity (Wildman–Crippen MR) is 96.1 cm³/mol. The molecule has 0 bridgehead atoms. The third-order valence-electron chi connectivity index (χ3n) is 3.25. The van der Waals surface area contributed by atoms with Crippen LogP contribution in [0.15, 0.2) is 48.8 Å². The Labute approximate surface area is 157 Å².